The van der Waals surface area contributed by atoms with Crippen molar-refractivity contribution in [2.45, 2.75) is 19.3 Å². The lowest BCUT2D eigenvalue weighted by Gasteiger charge is -2.28. The van der Waals surface area contributed by atoms with Crippen molar-refractivity contribution < 1.29 is 24.0 Å². The van der Waals surface area contributed by atoms with Crippen molar-refractivity contribution in [3.8, 4) is 0 Å². The van der Waals surface area contributed by atoms with Crippen LogP contribution in [0.2, 0.25) is 0 Å². The largest absolute Gasteiger partial charge is 0.368 e. The smallest absolute Gasteiger partial charge is 0.242 e. The molecule has 3 N–H and O–H groups in total. The Morgan fingerprint density at radius 3 is 1.56 bits per heavy atom. The third kappa shape index (κ3) is 17.4. The second kappa shape index (κ2) is 22.1. The highest BCUT2D eigenvalue weighted by Crippen LogP contribution is 2.02. The van der Waals surface area contributed by atoms with Crippen molar-refractivity contribution in [2.75, 3.05) is 86.1 Å². The summed E-state index contributed by atoms with van der Waals surface area (Å²) >= 11 is 0. The molecule has 0 saturated carbocycles. The van der Waals surface area contributed by atoms with Gasteiger partial charge in [-0.3, -0.25) is 24.0 Å². The molecule has 0 aliphatic heterocycles. The molecular formula is C21H37N15O5. The van der Waals surface area contributed by atoms with Gasteiger partial charge in [0.05, 0.1) is 32.7 Å². The molecule has 0 heterocycles. The molecule has 0 aromatic carbocycles. The van der Waals surface area contributed by atoms with Crippen LogP contribution >= 0.6 is 0 Å². The Labute approximate surface area is 236 Å². The van der Waals surface area contributed by atoms with Crippen LogP contribution in [0.1, 0.15) is 19.3 Å². The van der Waals surface area contributed by atoms with Crippen molar-refractivity contribution in [1.82, 2.24) is 24.9 Å². The number of hydrogen-bond donors (Lipinski definition) is 2. The Hall–Kier alpha value is -4.76. The van der Waals surface area contributed by atoms with Crippen LogP contribution in [-0.4, -0.2) is 135 Å². The first kappa shape index (κ1) is 36.2. The van der Waals surface area contributed by atoms with Gasteiger partial charge >= 0.3 is 0 Å². The highest BCUT2D eigenvalue weighted by atomic mass is 16.2. The topological polar surface area (TPSA) is 283 Å². The number of rotatable bonds is 22. The Bertz CT molecular complexity index is 1030. The molecule has 0 fully saturated rings. The summed E-state index contributed by atoms with van der Waals surface area (Å²) in [6.45, 7) is -0.546. The summed E-state index contributed by atoms with van der Waals surface area (Å²) in [5.41, 5.74) is 30.3. The molecule has 0 spiro atoms. The van der Waals surface area contributed by atoms with Gasteiger partial charge < -0.3 is 30.7 Å². The number of likely N-dealkylation sites (N-methyl/N-ethyl adjacent to an activating group) is 2. The molecule has 20 heteroatoms. The van der Waals surface area contributed by atoms with Gasteiger partial charge in [-0.2, -0.15) is 0 Å². The predicted molar refractivity (Wildman–Crippen MR) is 146 cm³/mol. The number of nitrogens with one attached hydrogen (secondary N) is 1. The average Bonchev–Trinajstić information content (AvgIpc) is 2.93. The van der Waals surface area contributed by atoms with E-state index in [1.54, 1.807) is 0 Å². The minimum Gasteiger partial charge on any atom is -0.368 e. The van der Waals surface area contributed by atoms with E-state index in [0.717, 1.165) is 9.80 Å². The highest BCUT2D eigenvalue weighted by molar-refractivity contribution is 5.91. The first-order valence-corrected chi connectivity index (χ1v) is 12.6. The predicted octanol–water partition coefficient (Wildman–Crippen LogP) is -0.263. The molecule has 41 heavy (non-hydrogen) atoms. The summed E-state index contributed by atoms with van der Waals surface area (Å²) in [6.07, 6.45) is 1.08. The molecule has 0 aromatic heterocycles. The molecule has 226 valence electrons. The second-order valence-corrected chi connectivity index (χ2v) is 8.70. The fourth-order valence-electron chi connectivity index (χ4n) is 3.24. The van der Waals surface area contributed by atoms with Crippen LogP contribution in [0.3, 0.4) is 0 Å². The summed E-state index contributed by atoms with van der Waals surface area (Å²) in [7, 11) is 2.79. The van der Waals surface area contributed by atoms with Crippen molar-refractivity contribution in [2.24, 2.45) is 21.1 Å². The minimum atomic E-state index is -0.755. The maximum absolute atomic E-state index is 13.0. The van der Waals surface area contributed by atoms with E-state index in [1.165, 1.54) is 23.9 Å². The van der Waals surface area contributed by atoms with Crippen molar-refractivity contribution in [1.29, 1.82) is 0 Å². The normalized spacial score (nSPS) is 9.80. The van der Waals surface area contributed by atoms with Gasteiger partial charge in [-0.05, 0) is 42.4 Å². The molecule has 0 radical (unpaired) electrons. The summed E-state index contributed by atoms with van der Waals surface area (Å²) in [6, 6.07) is 0. The van der Waals surface area contributed by atoms with Crippen LogP contribution in [0.4, 0.5) is 0 Å². The lowest BCUT2D eigenvalue weighted by atomic mass is 10.3. The van der Waals surface area contributed by atoms with Crippen LogP contribution in [0.25, 0.3) is 31.3 Å². The first-order valence-electron chi connectivity index (χ1n) is 12.6. The minimum absolute atomic E-state index is 0.0502. The number of hydrogen-bond acceptors (Lipinski definition) is 9. The Morgan fingerprint density at radius 1 is 0.659 bits per heavy atom. The Morgan fingerprint density at radius 2 is 1.10 bits per heavy atom. The van der Waals surface area contributed by atoms with Crippen LogP contribution in [0.15, 0.2) is 15.3 Å². The molecule has 0 aromatic rings. The number of nitrogens with two attached hydrogens (primary N) is 1. The lowest BCUT2D eigenvalue weighted by Crippen LogP contribution is -2.49. The SMILES string of the molecule is CN(CC(=O)N(CCCN=[N+]=[N-])CC(N)=O)C(=O)CN(CCCN=[N+]=[N-])C(=O)CN(C)C(=O)CNCCCN=[N+]=[N-]. The fraction of sp³-hybridized carbons (Fsp3) is 0.762. The van der Waals surface area contributed by atoms with Crippen molar-refractivity contribution in [3.63, 3.8) is 0 Å². The van der Waals surface area contributed by atoms with E-state index in [-0.39, 0.29) is 71.1 Å². The lowest BCUT2D eigenvalue weighted by molar-refractivity contribution is -0.145. The molecule has 0 atom stereocenters. The van der Waals surface area contributed by atoms with Crippen molar-refractivity contribution >= 4 is 29.5 Å². The van der Waals surface area contributed by atoms with E-state index in [4.69, 9.17) is 22.3 Å². The third-order valence-electron chi connectivity index (χ3n) is 5.42. The Kier molecular flexibility index (Phi) is 19.5. The van der Waals surface area contributed by atoms with E-state index in [2.05, 4.69) is 35.4 Å². The summed E-state index contributed by atoms with van der Waals surface area (Å²) in [4.78, 5) is 74.9. The van der Waals surface area contributed by atoms with Crippen LogP contribution in [0, 0.1) is 0 Å². The van der Waals surface area contributed by atoms with Crippen molar-refractivity contribution in [3.05, 3.63) is 31.3 Å². The quantitative estimate of drug-likeness (QED) is 0.0752. The number of amides is 5. The van der Waals surface area contributed by atoms with E-state index in [1.807, 2.05) is 0 Å². The molecule has 0 unspecified atom stereocenters. The molecule has 0 aliphatic rings. The number of carbonyl (C=O) groups is 5. The molecule has 0 bridgehead atoms. The maximum Gasteiger partial charge on any atom is 0.242 e. The highest BCUT2D eigenvalue weighted by Gasteiger charge is 2.24. The molecule has 0 saturated heterocycles. The van der Waals surface area contributed by atoms with Gasteiger partial charge in [0, 0.05) is 61.6 Å². The van der Waals surface area contributed by atoms with E-state index >= 15 is 0 Å². The summed E-state index contributed by atoms with van der Waals surface area (Å²) < 4.78 is 0. The summed E-state index contributed by atoms with van der Waals surface area (Å²) in [5.74, 6) is -2.82. The number of carbonyl (C=O) groups excluding carboxylic acids is 5. The molecule has 0 rings (SSSR count). The first-order chi connectivity index (χ1) is 19.6. The van der Waals surface area contributed by atoms with Gasteiger partial charge in [0.2, 0.25) is 29.5 Å². The third-order valence-corrected chi connectivity index (χ3v) is 5.42. The van der Waals surface area contributed by atoms with Gasteiger partial charge in [-0.1, -0.05) is 15.3 Å². The standard InChI is InChI=1S/C21H37N15O5/c1-33(18(38)12-26-6-3-7-27-30-23)14-21(41)36(11-5-9-29-32-25)16-19(39)34(2)15-20(40)35(13-17(22)37)10-4-8-28-31-24/h26H,3-16H2,1-2H3,(H2,22,37). The van der Waals surface area contributed by atoms with Crippen LogP contribution < -0.4 is 11.1 Å². The van der Waals surface area contributed by atoms with Crippen LogP contribution in [-0.2, 0) is 24.0 Å². The number of azide groups is 3. The van der Waals surface area contributed by atoms with E-state index in [9.17, 15) is 24.0 Å². The zero-order valence-corrected chi connectivity index (χ0v) is 23.3. The van der Waals surface area contributed by atoms with Gasteiger partial charge in [-0.25, -0.2) is 0 Å². The number of primary amides is 1. The number of nitrogens with zero attached hydrogens (tertiary/aromatic N) is 13. The average molecular weight is 580 g/mol. The zero-order chi connectivity index (χ0) is 31.0. The van der Waals surface area contributed by atoms with Gasteiger partial charge in [0.25, 0.3) is 0 Å². The molecule has 5 amide bonds. The second-order valence-electron chi connectivity index (χ2n) is 8.70. The Balaban J connectivity index is 5.19. The van der Waals surface area contributed by atoms with Gasteiger partial charge in [0.15, 0.2) is 0 Å². The van der Waals surface area contributed by atoms with E-state index in [0.29, 0.717) is 13.0 Å². The van der Waals surface area contributed by atoms with Gasteiger partial charge in [0.1, 0.15) is 0 Å². The molecular weight excluding hydrogens is 542 g/mol. The molecule has 0 aliphatic carbocycles. The van der Waals surface area contributed by atoms with Gasteiger partial charge in [-0.15, -0.1) is 0 Å². The van der Waals surface area contributed by atoms with Crippen LogP contribution in [0.5, 0.6) is 0 Å². The maximum atomic E-state index is 13.0. The van der Waals surface area contributed by atoms with E-state index < -0.39 is 36.7 Å². The monoisotopic (exact) mass is 579 g/mol. The molecule has 20 nitrogen and oxygen atoms in total. The summed E-state index contributed by atoms with van der Waals surface area (Å²) in [5, 5.41) is 13.1. The fourth-order valence-corrected chi connectivity index (χ4v) is 3.24. The zero-order valence-electron chi connectivity index (χ0n) is 23.3.